The Kier molecular flexibility index (Phi) is 2.64. The third kappa shape index (κ3) is 1.71. The lowest BCUT2D eigenvalue weighted by Crippen LogP contribution is -2.12. The van der Waals surface area contributed by atoms with Crippen molar-refractivity contribution in [3.8, 4) is 0 Å². The summed E-state index contributed by atoms with van der Waals surface area (Å²) in [5.41, 5.74) is 5.57. The number of nitrogens with zero attached hydrogens (tertiary/aromatic N) is 3. The van der Waals surface area contributed by atoms with Gasteiger partial charge in [0.1, 0.15) is 6.20 Å². The van der Waals surface area contributed by atoms with Crippen LogP contribution in [-0.2, 0) is 0 Å². The van der Waals surface area contributed by atoms with E-state index in [-0.39, 0.29) is 11.7 Å². The lowest BCUT2D eigenvalue weighted by Gasteiger charge is -2.26. The second-order valence-electron chi connectivity index (χ2n) is 5.00. The molecule has 0 amide bonds. The number of aryl methyl sites for hydroxylation is 1. The minimum atomic E-state index is -0.485. The van der Waals surface area contributed by atoms with Gasteiger partial charge in [0.05, 0.1) is 0 Å². The van der Waals surface area contributed by atoms with Crippen molar-refractivity contribution in [1.29, 1.82) is 0 Å². The monoisotopic (exact) mass is 267 g/mol. The topological polar surface area (TPSA) is 68.9 Å². The second kappa shape index (κ2) is 4.23. The van der Waals surface area contributed by atoms with Crippen LogP contribution in [0.2, 0.25) is 0 Å². The molecule has 0 saturated heterocycles. The summed E-state index contributed by atoms with van der Waals surface area (Å²) < 4.78 is 0. The molecule has 1 aliphatic rings. The molecule has 0 radical (unpaired) electrons. The van der Waals surface area contributed by atoms with Crippen molar-refractivity contribution < 1.29 is 4.92 Å². The van der Waals surface area contributed by atoms with Gasteiger partial charge in [0.15, 0.2) is 0 Å². The molecule has 1 unspecified atom stereocenters. The van der Waals surface area contributed by atoms with Crippen LogP contribution in [0.15, 0.2) is 31.1 Å². The van der Waals surface area contributed by atoms with Crippen molar-refractivity contribution in [3.63, 3.8) is 0 Å². The van der Waals surface area contributed by atoms with Crippen molar-refractivity contribution in [2.45, 2.75) is 19.8 Å². The van der Waals surface area contributed by atoms with Gasteiger partial charge in [-0.05, 0) is 39.6 Å². The Bertz CT molecular complexity index is 753. The molecule has 100 valence electrons. The quantitative estimate of drug-likeness (QED) is 0.587. The number of aromatic nitrogens is 2. The minimum absolute atomic E-state index is 0.125. The zero-order chi connectivity index (χ0) is 14.4. The zero-order valence-electron chi connectivity index (χ0n) is 11.3. The van der Waals surface area contributed by atoms with Crippen LogP contribution >= 0.6 is 0 Å². The molecule has 3 rings (SSSR count). The van der Waals surface area contributed by atoms with E-state index in [0.29, 0.717) is 0 Å². The van der Waals surface area contributed by atoms with E-state index in [9.17, 15) is 10.1 Å². The van der Waals surface area contributed by atoms with Crippen LogP contribution in [0.5, 0.6) is 0 Å². The Balaban J connectivity index is 2.23. The molecule has 0 saturated carbocycles. The summed E-state index contributed by atoms with van der Waals surface area (Å²) >= 11 is 0. The SMILES string of the molecule is C=C1c2cc([N+](=O)[O-])ncc2C(C)c2cc(C)ncc21. The molecule has 0 bridgehead atoms. The van der Waals surface area contributed by atoms with E-state index in [1.807, 2.05) is 13.0 Å². The van der Waals surface area contributed by atoms with E-state index in [2.05, 4.69) is 23.5 Å². The summed E-state index contributed by atoms with van der Waals surface area (Å²) in [4.78, 5) is 18.6. The molecule has 5 nitrogen and oxygen atoms in total. The van der Waals surface area contributed by atoms with E-state index in [1.165, 1.54) is 6.07 Å². The van der Waals surface area contributed by atoms with Gasteiger partial charge in [0.25, 0.3) is 0 Å². The summed E-state index contributed by atoms with van der Waals surface area (Å²) in [5.74, 6) is -0.0267. The molecule has 0 fully saturated rings. The highest BCUT2D eigenvalue weighted by molar-refractivity contribution is 5.85. The second-order valence-corrected chi connectivity index (χ2v) is 5.00. The molecule has 20 heavy (non-hydrogen) atoms. The third-order valence-electron chi connectivity index (χ3n) is 3.76. The maximum Gasteiger partial charge on any atom is 0.364 e. The highest BCUT2D eigenvalue weighted by atomic mass is 16.6. The first-order valence-corrected chi connectivity index (χ1v) is 6.29. The average molecular weight is 267 g/mol. The summed E-state index contributed by atoms with van der Waals surface area (Å²) in [6.07, 6.45) is 3.38. The van der Waals surface area contributed by atoms with Gasteiger partial charge in [-0.2, -0.15) is 0 Å². The fraction of sp³-hybridized carbons (Fsp3) is 0.200. The number of hydrogen-bond donors (Lipinski definition) is 0. The summed E-state index contributed by atoms with van der Waals surface area (Å²) in [5, 5.41) is 10.9. The van der Waals surface area contributed by atoms with E-state index in [0.717, 1.165) is 33.5 Å². The molecule has 2 aromatic heterocycles. The zero-order valence-corrected chi connectivity index (χ0v) is 11.3. The number of nitro groups is 1. The molecule has 0 N–H and O–H groups in total. The summed E-state index contributed by atoms with van der Waals surface area (Å²) in [6.45, 7) is 8.08. The molecule has 0 spiro atoms. The van der Waals surface area contributed by atoms with Crippen LogP contribution in [0.3, 0.4) is 0 Å². The Hall–Kier alpha value is -2.56. The van der Waals surface area contributed by atoms with Gasteiger partial charge in [0.2, 0.25) is 0 Å². The van der Waals surface area contributed by atoms with Crippen LogP contribution < -0.4 is 0 Å². The van der Waals surface area contributed by atoms with Crippen LogP contribution in [-0.4, -0.2) is 14.9 Å². The molecule has 2 heterocycles. The Morgan fingerprint density at radius 2 is 1.95 bits per heavy atom. The molecule has 0 aromatic carbocycles. The van der Waals surface area contributed by atoms with Crippen molar-refractivity contribution in [1.82, 2.24) is 9.97 Å². The van der Waals surface area contributed by atoms with Crippen molar-refractivity contribution >= 4 is 11.4 Å². The number of fused-ring (bicyclic) bond motifs is 2. The van der Waals surface area contributed by atoms with Crippen LogP contribution in [0.1, 0.15) is 40.8 Å². The predicted molar refractivity (Wildman–Crippen MR) is 75.5 cm³/mol. The van der Waals surface area contributed by atoms with Gasteiger partial charge in [-0.1, -0.05) is 13.5 Å². The fourth-order valence-corrected chi connectivity index (χ4v) is 2.67. The standard InChI is InChI=1S/C15H13N3O2/c1-8-4-11-9(2)14-7-17-15(18(19)20)5-12(14)10(3)13(11)6-16-8/h4-7,9H,3H2,1-2H3. The Labute approximate surface area is 116 Å². The Morgan fingerprint density at radius 1 is 1.20 bits per heavy atom. The summed E-state index contributed by atoms with van der Waals surface area (Å²) in [7, 11) is 0. The lowest BCUT2D eigenvalue weighted by molar-refractivity contribution is -0.389. The molecule has 1 aliphatic carbocycles. The molecule has 0 aliphatic heterocycles. The van der Waals surface area contributed by atoms with Crippen molar-refractivity contribution in [2.75, 3.05) is 0 Å². The highest BCUT2D eigenvalue weighted by Crippen LogP contribution is 2.42. The van der Waals surface area contributed by atoms with E-state index in [4.69, 9.17) is 0 Å². The largest absolute Gasteiger partial charge is 0.364 e. The highest BCUT2D eigenvalue weighted by Gasteiger charge is 2.28. The smallest absolute Gasteiger partial charge is 0.358 e. The average Bonchev–Trinajstić information content (AvgIpc) is 2.44. The first-order valence-electron chi connectivity index (χ1n) is 6.29. The molecule has 5 heteroatoms. The molecular weight excluding hydrogens is 254 g/mol. The normalized spacial score (nSPS) is 16.5. The van der Waals surface area contributed by atoms with Gasteiger partial charge < -0.3 is 10.1 Å². The van der Waals surface area contributed by atoms with Gasteiger partial charge in [0, 0.05) is 35.0 Å². The van der Waals surface area contributed by atoms with Crippen LogP contribution in [0.25, 0.3) is 5.57 Å². The van der Waals surface area contributed by atoms with Crippen LogP contribution in [0.4, 0.5) is 5.82 Å². The van der Waals surface area contributed by atoms with E-state index in [1.54, 1.807) is 12.4 Å². The van der Waals surface area contributed by atoms with Gasteiger partial charge in [-0.25, -0.2) is 0 Å². The van der Waals surface area contributed by atoms with Gasteiger partial charge >= 0.3 is 5.82 Å². The van der Waals surface area contributed by atoms with E-state index < -0.39 is 4.92 Å². The minimum Gasteiger partial charge on any atom is -0.358 e. The third-order valence-corrected chi connectivity index (χ3v) is 3.76. The maximum atomic E-state index is 10.9. The fourth-order valence-electron chi connectivity index (χ4n) is 2.67. The van der Waals surface area contributed by atoms with Gasteiger partial charge in [-0.15, -0.1) is 0 Å². The number of rotatable bonds is 1. The maximum absolute atomic E-state index is 10.9. The lowest BCUT2D eigenvalue weighted by atomic mass is 9.78. The summed E-state index contributed by atoms with van der Waals surface area (Å²) in [6, 6.07) is 3.53. The number of pyridine rings is 2. The molecule has 2 aromatic rings. The van der Waals surface area contributed by atoms with E-state index >= 15 is 0 Å². The Morgan fingerprint density at radius 3 is 2.65 bits per heavy atom. The first kappa shape index (κ1) is 12.5. The van der Waals surface area contributed by atoms with Crippen molar-refractivity contribution in [2.24, 2.45) is 0 Å². The molecule has 1 atom stereocenters. The first-order chi connectivity index (χ1) is 9.49. The van der Waals surface area contributed by atoms with Crippen LogP contribution in [0, 0.1) is 17.0 Å². The van der Waals surface area contributed by atoms with Crippen molar-refractivity contribution in [3.05, 3.63) is 69.2 Å². The predicted octanol–water partition coefficient (Wildman–Crippen LogP) is 3.22. The molecular formula is C15H13N3O2. The number of hydrogen-bond acceptors (Lipinski definition) is 4. The van der Waals surface area contributed by atoms with Gasteiger partial charge in [-0.3, -0.25) is 4.98 Å².